The van der Waals surface area contributed by atoms with Gasteiger partial charge in [-0.05, 0) is 26.0 Å². The molecule has 112 valence electrons. The number of benzene rings is 1. The Kier molecular flexibility index (Phi) is 3.74. The number of carbonyl (C=O) groups is 1. The SMILES string of the molecule is CCn1cc(OC(=O)c2cnn(-c3ccccc3)c2C)cn1. The van der Waals surface area contributed by atoms with Crippen molar-refractivity contribution in [2.75, 3.05) is 0 Å². The highest BCUT2D eigenvalue weighted by Crippen LogP contribution is 2.17. The van der Waals surface area contributed by atoms with Crippen LogP contribution in [-0.4, -0.2) is 25.5 Å². The van der Waals surface area contributed by atoms with Gasteiger partial charge < -0.3 is 4.74 Å². The van der Waals surface area contributed by atoms with Crippen molar-refractivity contribution in [1.29, 1.82) is 0 Å². The molecule has 0 amide bonds. The standard InChI is InChI=1S/C16H16N4O2/c1-3-19-11-14(9-17-19)22-16(21)15-10-18-20(12(15)2)13-7-5-4-6-8-13/h4-11H,3H2,1-2H3. The molecular weight excluding hydrogens is 280 g/mol. The zero-order chi connectivity index (χ0) is 15.5. The van der Waals surface area contributed by atoms with Gasteiger partial charge in [0.15, 0.2) is 5.75 Å². The lowest BCUT2D eigenvalue weighted by atomic mass is 10.2. The van der Waals surface area contributed by atoms with Crippen LogP contribution in [-0.2, 0) is 6.54 Å². The van der Waals surface area contributed by atoms with Gasteiger partial charge in [0.2, 0.25) is 0 Å². The van der Waals surface area contributed by atoms with E-state index in [-0.39, 0.29) is 0 Å². The van der Waals surface area contributed by atoms with E-state index in [1.807, 2.05) is 44.2 Å². The van der Waals surface area contributed by atoms with Crippen LogP contribution in [0.3, 0.4) is 0 Å². The molecule has 0 spiro atoms. The summed E-state index contributed by atoms with van der Waals surface area (Å²) in [5, 5.41) is 8.34. The summed E-state index contributed by atoms with van der Waals surface area (Å²) in [5.74, 6) is -0.00551. The summed E-state index contributed by atoms with van der Waals surface area (Å²) in [6, 6.07) is 9.64. The summed E-state index contributed by atoms with van der Waals surface area (Å²) < 4.78 is 8.75. The van der Waals surface area contributed by atoms with Crippen molar-refractivity contribution >= 4 is 5.97 Å². The zero-order valence-corrected chi connectivity index (χ0v) is 12.4. The number of carbonyl (C=O) groups excluding carboxylic acids is 1. The maximum Gasteiger partial charge on any atom is 0.347 e. The summed E-state index contributed by atoms with van der Waals surface area (Å²) in [5.41, 5.74) is 2.07. The minimum atomic E-state index is -0.435. The Hall–Kier alpha value is -2.89. The largest absolute Gasteiger partial charge is 0.419 e. The molecule has 0 radical (unpaired) electrons. The van der Waals surface area contributed by atoms with Crippen molar-refractivity contribution in [2.24, 2.45) is 0 Å². The van der Waals surface area contributed by atoms with E-state index in [2.05, 4.69) is 10.2 Å². The monoisotopic (exact) mass is 296 g/mol. The Morgan fingerprint density at radius 3 is 2.64 bits per heavy atom. The molecule has 0 aliphatic heterocycles. The van der Waals surface area contributed by atoms with E-state index in [0.717, 1.165) is 17.9 Å². The molecule has 6 heteroatoms. The number of ether oxygens (including phenoxy) is 1. The Bertz CT molecular complexity index is 790. The molecule has 0 atom stereocenters. The minimum absolute atomic E-state index is 0.429. The van der Waals surface area contributed by atoms with E-state index in [9.17, 15) is 4.79 Å². The minimum Gasteiger partial charge on any atom is -0.419 e. The van der Waals surface area contributed by atoms with E-state index in [0.29, 0.717) is 11.3 Å². The van der Waals surface area contributed by atoms with Crippen LogP contribution in [0.1, 0.15) is 23.0 Å². The van der Waals surface area contributed by atoms with Gasteiger partial charge in [0, 0.05) is 6.54 Å². The highest BCUT2D eigenvalue weighted by molar-refractivity contribution is 5.92. The van der Waals surface area contributed by atoms with E-state index in [1.54, 1.807) is 15.6 Å². The van der Waals surface area contributed by atoms with Crippen molar-refractivity contribution in [3.63, 3.8) is 0 Å². The van der Waals surface area contributed by atoms with Crippen LogP contribution in [0.5, 0.6) is 5.75 Å². The van der Waals surface area contributed by atoms with Crippen LogP contribution in [0.4, 0.5) is 0 Å². The van der Waals surface area contributed by atoms with Gasteiger partial charge in [0.25, 0.3) is 0 Å². The first-order valence-electron chi connectivity index (χ1n) is 7.03. The van der Waals surface area contributed by atoms with Crippen LogP contribution < -0.4 is 4.74 Å². The van der Waals surface area contributed by atoms with Crippen molar-refractivity contribution in [3.05, 3.63) is 60.2 Å². The van der Waals surface area contributed by atoms with E-state index in [4.69, 9.17) is 4.74 Å². The second-order valence-corrected chi connectivity index (χ2v) is 4.81. The molecule has 22 heavy (non-hydrogen) atoms. The first-order valence-corrected chi connectivity index (χ1v) is 7.03. The average Bonchev–Trinajstić information content (AvgIpc) is 3.14. The van der Waals surface area contributed by atoms with Gasteiger partial charge in [-0.2, -0.15) is 10.2 Å². The quantitative estimate of drug-likeness (QED) is 0.694. The predicted molar refractivity (Wildman–Crippen MR) is 81.2 cm³/mol. The zero-order valence-electron chi connectivity index (χ0n) is 12.4. The van der Waals surface area contributed by atoms with Gasteiger partial charge >= 0.3 is 5.97 Å². The molecule has 2 aromatic heterocycles. The number of aromatic nitrogens is 4. The second-order valence-electron chi connectivity index (χ2n) is 4.81. The van der Waals surface area contributed by atoms with E-state index >= 15 is 0 Å². The molecule has 6 nitrogen and oxygen atoms in total. The number of rotatable bonds is 4. The third kappa shape index (κ3) is 2.63. The van der Waals surface area contributed by atoms with Crippen LogP contribution in [0.2, 0.25) is 0 Å². The predicted octanol–water partition coefficient (Wildman–Crippen LogP) is 2.62. The van der Waals surface area contributed by atoms with Gasteiger partial charge in [-0.25, -0.2) is 9.48 Å². The van der Waals surface area contributed by atoms with Crippen LogP contribution in [0.15, 0.2) is 48.9 Å². The first-order chi connectivity index (χ1) is 10.7. The van der Waals surface area contributed by atoms with Crippen molar-refractivity contribution < 1.29 is 9.53 Å². The molecule has 0 aliphatic rings. The van der Waals surface area contributed by atoms with Gasteiger partial charge in [-0.1, -0.05) is 18.2 Å². The Morgan fingerprint density at radius 1 is 1.18 bits per heavy atom. The Morgan fingerprint density at radius 2 is 1.95 bits per heavy atom. The summed E-state index contributed by atoms with van der Waals surface area (Å²) in [6.07, 6.45) is 4.74. The molecule has 3 rings (SSSR count). The lowest BCUT2D eigenvalue weighted by Gasteiger charge is -2.05. The Balaban J connectivity index is 1.83. The average molecular weight is 296 g/mol. The summed E-state index contributed by atoms with van der Waals surface area (Å²) in [6.45, 7) is 4.53. The number of para-hydroxylation sites is 1. The second kappa shape index (κ2) is 5.85. The molecule has 3 aromatic rings. The third-order valence-electron chi connectivity index (χ3n) is 3.37. The maximum atomic E-state index is 12.3. The maximum absolute atomic E-state index is 12.3. The fourth-order valence-corrected chi connectivity index (χ4v) is 2.17. The summed E-state index contributed by atoms with van der Waals surface area (Å²) in [7, 11) is 0. The molecule has 0 aliphatic carbocycles. The lowest BCUT2D eigenvalue weighted by Crippen LogP contribution is -2.09. The lowest BCUT2D eigenvalue weighted by molar-refractivity contribution is 0.0734. The molecule has 0 N–H and O–H groups in total. The number of nitrogens with zero attached hydrogens (tertiary/aromatic N) is 4. The molecule has 0 saturated heterocycles. The van der Waals surface area contributed by atoms with Crippen molar-refractivity contribution in [2.45, 2.75) is 20.4 Å². The molecular formula is C16H16N4O2. The highest BCUT2D eigenvalue weighted by atomic mass is 16.5. The number of hydrogen-bond donors (Lipinski definition) is 0. The van der Waals surface area contributed by atoms with Gasteiger partial charge in [0.05, 0.1) is 30.0 Å². The number of aryl methyl sites for hydroxylation is 1. The summed E-state index contributed by atoms with van der Waals surface area (Å²) in [4.78, 5) is 12.3. The molecule has 0 unspecified atom stereocenters. The molecule has 0 fully saturated rings. The molecule has 2 heterocycles. The van der Waals surface area contributed by atoms with E-state index in [1.165, 1.54) is 12.4 Å². The third-order valence-corrected chi connectivity index (χ3v) is 3.37. The number of hydrogen-bond acceptors (Lipinski definition) is 4. The fourth-order valence-electron chi connectivity index (χ4n) is 2.17. The first kappa shape index (κ1) is 14.1. The Labute approximate surface area is 127 Å². The smallest absolute Gasteiger partial charge is 0.347 e. The van der Waals surface area contributed by atoms with Crippen LogP contribution >= 0.6 is 0 Å². The molecule has 0 bridgehead atoms. The molecule has 0 saturated carbocycles. The topological polar surface area (TPSA) is 61.9 Å². The summed E-state index contributed by atoms with van der Waals surface area (Å²) >= 11 is 0. The normalized spacial score (nSPS) is 10.6. The highest BCUT2D eigenvalue weighted by Gasteiger charge is 2.17. The molecule has 1 aromatic carbocycles. The van der Waals surface area contributed by atoms with Gasteiger partial charge in [-0.3, -0.25) is 4.68 Å². The van der Waals surface area contributed by atoms with Crippen LogP contribution in [0, 0.1) is 6.92 Å². The van der Waals surface area contributed by atoms with Gasteiger partial charge in [0.1, 0.15) is 5.56 Å². The number of esters is 1. The van der Waals surface area contributed by atoms with Crippen molar-refractivity contribution in [3.8, 4) is 11.4 Å². The van der Waals surface area contributed by atoms with Crippen LogP contribution in [0.25, 0.3) is 5.69 Å². The van der Waals surface area contributed by atoms with Crippen molar-refractivity contribution in [1.82, 2.24) is 19.6 Å². The fraction of sp³-hybridized carbons (Fsp3) is 0.188. The van der Waals surface area contributed by atoms with Gasteiger partial charge in [-0.15, -0.1) is 0 Å². The van der Waals surface area contributed by atoms with E-state index < -0.39 is 5.97 Å².